The van der Waals surface area contributed by atoms with E-state index in [1.807, 2.05) is 22.7 Å². The lowest BCUT2D eigenvalue weighted by atomic mass is 10.4. The maximum atomic E-state index is 2.30. The Morgan fingerprint density at radius 3 is 3.00 bits per heavy atom. The fourth-order valence-corrected chi connectivity index (χ4v) is 3.06. The van der Waals surface area contributed by atoms with Crippen LogP contribution >= 0.6 is 22.7 Å². The second kappa shape index (κ2) is 2.36. The quantitative estimate of drug-likeness (QED) is 0.611. The molecule has 0 saturated carbocycles. The highest BCUT2D eigenvalue weighted by Gasteiger charge is 1.98. The van der Waals surface area contributed by atoms with Gasteiger partial charge in [-0.05, 0) is 23.9 Å². The van der Waals surface area contributed by atoms with Crippen molar-refractivity contribution in [1.82, 2.24) is 0 Å². The summed E-state index contributed by atoms with van der Waals surface area (Å²) in [6, 6.07) is 4.49. The molecule has 0 aliphatic carbocycles. The maximum Gasteiger partial charge on any atom is 0.0453 e. The summed E-state index contributed by atoms with van der Waals surface area (Å²) in [5.41, 5.74) is 0. The summed E-state index contributed by atoms with van der Waals surface area (Å²) in [5.74, 6) is 0. The van der Waals surface area contributed by atoms with E-state index < -0.39 is 0 Å². The number of fused-ring (bicyclic) bond motifs is 1. The van der Waals surface area contributed by atoms with Crippen molar-refractivity contribution < 1.29 is 0 Å². The van der Waals surface area contributed by atoms with Crippen LogP contribution in [0.5, 0.6) is 0 Å². The summed E-state index contributed by atoms with van der Waals surface area (Å²) in [6.07, 6.45) is 1.17. The lowest BCUT2D eigenvalue weighted by Gasteiger charge is -1.80. The van der Waals surface area contributed by atoms with E-state index in [1.165, 1.54) is 20.7 Å². The Hall–Kier alpha value is -0.340. The molecule has 0 aliphatic heterocycles. The minimum atomic E-state index is 1.17. The van der Waals surface area contributed by atoms with Gasteiger partial charge in [-0.2, -0.15) is 0 Å². The van der Waals surface area contributed by atoms with E-state index in [9.17, 15) is 0 Å². The minimum absolute atomic E-state index is 1.17. The van der Waals surface area contributed by atoms with Crippen LogP contribution < -0.4 is 0 Å². The molecule has 0 N–H and O–H groups in total. The Labute approximate surface area is 68.1 Å². The standard InChI is InChI=1S/C8H8S2/c1-2-6-5-8-7(10-6)3-4-9-8/h3-5H,2H2,1H3. The third-order valence-corrected chi connectivity index (χ3v) is 3.78. The predicted molar refractivity (Wildman–Crippen MR) is 49.1 cm³/mol. The zero-order chi connectivity index (χ0) is 6.97. The lowest BCUT2D eigenvalue weighted by molar-refractivity contribution is 1.19. The molecule has 0 amide bonds. The molecule has 0 atom stereocenters. The summed E-state index contributed by atoms with van der Waals surface area (Å²) in [4.78, 5) is 1.50. The molecule has 0 radical (unpaired) electrons. The zero-order valence-electron chi connectivity index (χ0n) is 5.76. The van der Waals surface area contributed by atoms with Gasteiger partial charge in [0, 0.05) is 14.3 Å². The van der Waals surface area contributed by atoms with E-state index >= 15 is 0 Å². The number of hydrogen-bond acceptors (Lipinski definition) is 2. The predicted octanol–water partition coefficient (Wildman–Crippen LogP) is 3.53. The van der Waals surface area contributed by atoms with Gasteiger partial charge in [-0.1, -0.05) is 6.92 Å². The molecule has 0 spiro atoms. The molecular weight excluding hydrogens is 160 g/mol. The van der Waals surface area contributed by atoms with Crippen LogP contribution in [0.4, 0.5) is 0 Å². The molecule has 2 rings (SSSR count). The number of thiophene rings is 2. The summed E-state index contributed by atoms with van der Waals surface area (Å²) in [5, 5.41) is 2.15. The fraction of sp³-hybridized carbons (Fsp3) is 0.250. The second-order valence-corrected chi connectivity index (χ2v) is 4.33. The minimum Gasteiger partial charge on any atom is -0.143 e. The molecule has 10 heavy (non-hydrogen) atoms. The molecule has 52 valence electrons. The first-order valence-electron chi connectivity index (χ1n) is 3.36. The van der Waals surface area contributed by atoms with Crippen LogP contribution in [0.25, 0.3) is 9.40 Å². The van der Waals surface area contributed by atoms with Crippen molar-refractivity contribution in [2.24, 2.45) is 0 Å². The van der Waals surface area contributed by atoms with Crippen molar-refractivity contribution in [2.45, 2.75) is 13.3 Å². The highest BCUT2D eigenvalue weighted by atomic mass is 32.1. The van der Waals surface area contributed by atoms with Crippen LogP contribution in [-0.2, 0) is 6.42 Å². The van der Waals surface area contributed by atoms with Crippen molar-refractivity contribution in [3.05, 3.63) is 22.4 Å². The summed E-state index contributed by atoms with van der Waals surface area (Å²) < 4.78 is 2.89. The second-order valence-electron chi connectivity index (χ2n) is 2.22. The summed E-state index contributed by atoms with van der Waals surface area (Å²) >= 11 is 3.75. The van der Waals surface area contributed by atoms with Crippen LogP contribution in [0.15, 0.2) is 17.5 Å². The van der Waals surface area contributed by atoms with E-state index in [4.69, 9.17) is 0 Å². The van der Waals surface area contributed by atoms with Crippen LogP contribution in [0.1, 0.15) is 11.8 Å². The molecule has 0 nitrogen and oxygen atoms in total. The first-order chi connectivity index (χ1) is 4.90. The Morgan fingerprint density at radius 1 is 1.40 bits per heavy atom. The molecule has 2 aromatic heterocycles. The first kappa shape index (κ1) is 6.38. The van der Waals surface area contributed by atoms with E-state index in [1.54, 1.807) is 0 Å². The number of rotatable bonds is 1. The molecule has 0 saturated heterocycles. The van der Waals surface area contributed by atoms with E-state index in [-0.39, 0.29) is 0 Å². The monoisotopic (exact) mass is 168 g/mol. The molecule has 0 fully saturated rings. The van der Waals surface area contributed by atoms with Gasteiger partial charge in [-0.15, -0.1) is 22.7 Å². The Balaban J connectivity index is 2.67. The van der Waals surface area contributed by atoms with E-state index in [0.29, 0.717) is 0 Å². The maximum absolute atomic E-state index is 2.30. The molecule has 2 aromatic rings. The lowest BCUT2D eigenvalue weighted by Crippen LogP contribution is -1.63. The largest absolute Gasteiger partial charge is 0.143 e. The van der Waals surface area contributed by atoms with Gasteiger partial charge < -0.3 is 0 Å². The smallest absolute Gasteiger partial charge is 0.0453 e. The molecule has 0 unspecified atom stereocenters. The van der Waals surface area contributed by atoms with Crippen LogP contribution in [-0.4, -0.2) is 0 Å². The molecular formula is C8H8S2. The van der Waals surface area contributed by atoms with Gasteiger partial charge in [0.15, 0.2) is 0 Å². The number of aryl methyl sites for hydroxylation is 1. The molecule has 2 heterocycles. The van der Waals surface area contributed by atoms with Gasteiger partial charge in [-0.25, -0.2) is 0 Å². The van der Waals surface area contributed by atoms with E-state index in [2.05, 4.69) is 24.4 Å². The summed E-state index contributed by atoms with van der Waals surface area (Å²) in [7, 11) is 0. The highest BCUT2D eigenvalue weighted by molar-refractivity contribution is 7.26. The van der Waals surface area contributed by atoms with Crippen molar-refractivity contribution in [1.29, 1.82) is 0 Å². The SMILES string of the molecule is CCc1cc2sccc2s1. The van der Waals surface area contributed by atoms with Crippen LogP contribution in [0.2, 0.25) is 0 Å². The van der Waals surface area contributed by atoms with Crippen LogP contribution in [0, 0.1) is 0 Å². The first-order valence-corrected chi connectivity index (χ1v) is 5.05. The molecule has 2 heteroatoms. The average molecular weight is 168 g/mol. The normalized spacial score (nSPS) is 10.9. The topological polar surface area (TPSA) is 0 Å². The van der Waals surface area contributed by atoms with Gasteiger partial charge in [0.1, 0.15) is 0 Å². The Morgan fingerprint density at radius 2 is 2.30 bits per heavy atom. The van der Waals surface area contributed by atoms with E-state index in [0.717, 1.165) is 0 Å². The fourth-order valence-electron chi connectivity index (χ4n) is 0.990. The van der Waals surface area contributed by atoms with Gasteiger partial charge in [0.2, 0.25) is 0 Å². The zero-order valence-corrected chi connectivity index (χ0v) is 7.39. The number of hydrogen-bond donors (Lipinski definition) is 0. The van der Waals surface area contributed by atoms with Gasteiger partial charge in [-0.3, -0.25) is 0 Å². The van der Waals surface area contributed by atoms with Crippen molar-refractivity contribution in [3.8, 4) is 0 Å². The van der Waals surface area contributed by atoms with Gasteiger partial charge in [0.05, 0.1) is 0 Å². The summed E-state index contributed by atoms with van der Waals surface area (Å²) in [6.45, 7) is 2.20. The molecule has 0 aromatic carbocycles. The molecule has 0 bridgehead atoms. The third kappa shape index (κ3) is 0.879. The Kier molecular flexibility index (Phi) is 1.51. The van der Waals surface area contributed by atoms with Gasteiger partial charge >= 0.3 is 0 Å². The Bertz CT molecular complexity index is 301. The molecule has 0 aliphatic rings. The van der Waals surface area contributed by atoms with Crippen molar-refractivity contribution >= 4 is 32.1 Å². The average Bonchev–Trinajstić information content (AvgIpc) is 2.42. The van der Waals surface area contributed by atoms with Gasteiger partial charge in [0.25, 0.3) is 0 Å². The van der Waals surface area contributed by atoms with Crippen molar-refractivity contribution in [2.75, 3.05) is 0 Å². The third-order valence-electron chi connectivity index (χ3n) is 1.54. The van der Waals surface area contributed by atoms with Crippen molar-refractivity contribution in [3.63, 3.8) is 0 Å². The highest BCUT2D eigenvalue weighted by Crippen LogP contribution is 2.29. The van der Waals surface area contributed by atoms with Crippen LogP contribution in [0.3, 0.4) is 0 Å².